The molecule has 3 heteroatoms. The van der Waals surface area contributed by atoms with Gasteiger partial charge < -0.3 is 5.73 Å². The first-order valence-corrected chi connectivity index (χ1v) is 4.55. The molecule has 0 saturated heterocycles. The van der Waals surface area contributed by atoms with Gasteiger partial charge in [0.05, 0.1) is 5.88 Å². The lowest BCUT2D eigenvalue weighted by Crippen LogP contribution is -2.03. The lowest BCUT2D eigenvalue weighted by Gasteiger charge is -2.06. The first-order valence-electron chi connectivity index (χ1n) is 4.02. The number of aryl methyl sites for hydroxylation is 1. The van der Waals surface area contributed by atoms with Crippen molar-refractivity contribution in [3.8, 4) is 0 Å². The highest BCUT2D eigenvalue weighted by Crippen LogP contribution is 2.18. The van der Waals surface area contributed by atoms with Crippen LogP contribution < -0.4 is 5.73 Å². The number of hydrogen-bond acceptors (Lipinski definition) is 2. The number of nitrogens with two attached hydrogens (primary N) is 1. The van der Waals surface area contributed by atoms with Gasteiger partial charge in [0.15, 0.2) is 5.78 Å². The van der Waals surface area contributed by atoms with Crippen LogP contribution in [-0.2, 0) is 0 Å². The third-order valence-corrected chi connectivity index (χ3v) is 2.39. The highest BCUT2D eigenvalue weighted by Gasteiger charge is 2.07. The second-order valence-electron chi connectivity index (χ2n) is 3.06. The van der Waals surface area contributed by atoms with E-state index in [-0.39, 0.29) is 11.7 Å². The van der Waals surface area contributed by atoms with Crippen molar-refractivity contribution in [3.63, 3.8) is 0 Å². The Balaban J connectivity index is 3.20. The van der Waals surface area contributed by atoms with Crippen LogP contribution in [0.25, 0.3) is 0 Å². The van der Waals surface area contributed by atoms with E-state index in [1.165, 1.54) is 0 Å². The van der Waals surface area contributed by atoms with Crippen molar-refractivity contribution >= 4 is 23.1 Å². The zero-order chi connectivity index (χ0) is 10.0. The van der Waals surface area contributed by atoms with E-state index in [1.807, 2.05) is 19.9 Å². The maximum atomic E-state index is 11.2. The van der Waals surface area contributed by atoms with Crippen molar-refractivity contribution in [2.75, 3.05) is 11.6 Å². The molecule has 2 nitrogen and oxygen atoms in total. The zero-order valence-corrected chi connectivity index (χ0v) is 8.48. The second kappa shape index (κ2) is 3.79. The van der Waals surface area contributed by atoms with E-state index < -0.39 is 0 Å². The maximum absolute atomic E-state index is 11.2. The molecule has 1 aromatic carbocycles. The average molecular weight is 198 g/mol. The van der Waals surface area contributed by atoms with Gasteiger partial charge in [0, 0.05) is 11.3 Å². The Morgan fingerprint density at radius 1 is 1.46 bits per heavy atom. The summed E-state index contributed by atoms with van der Waals surface area (Å²) in [4.78, 5) is 11.2. The van der Waals surface area contributed by atoms with Gasteiger partial charge in [0.1, 0.15) is 0 Å². The fourth-order valence-corrected chi connectivity index (χ4v) is 1.28. The van der Waals surface area contributed by atoms with Crippen molar-refractivity contribution in [3.05, 3.63) is 28.8 Å². The van der Waals surface area contributed by atoms with Crippen LogP contribution in [-0.4, -0.2) is 11.7 Å². The molecule has 0 spiro atoms. The normalized spacial score (nSPS) is 10.1. The third-order valence-electron chi connectivity index (χ3n) is 2.15. The quantitative estimate of drug-likeness (QED) is 0.449. The van der Waals surface area contributed by atoms with Crippen LogP contribution in [0.4, 0.5) is 5.69 Å². The number of anilines is 1. The SMILES string of the molecule is Cc1cc(C(=O)CCl)cc(N)c1C. The first-order chi connectivity index (χ1) is 6.06. The van der Waals surface area contributed by atoms with Crippen molar-refractivity contribution in [1.82, 2.24) is 0 Å². The third kappa shape index (κ3) is 2.01. The number of hydrogen-bond donors (Lipinski definition) is 1. The Bertz CT molecular complexity index is 324. The summed E-state index contributed by atoms with van der Waals surface area (Å²) in [5.41, 5.74) is 9.00. The summed E-state index contributed by atoms with van der Waals surface area (Å²) in [5.74, 6) is -0.0847. The molecular weight excluding hydrogens is 186 g/mol. The number of benzene rings is 1. The molecule has 13 heavy (non-hydrogen) atoms. The van der Waals surface area contributed by atoms with Gasteiger partial charge in [-0.05, 0) is 37.1 Å². The summed E-state index contributed by atoms with van der Waals surface area (Å²) < 4.78 is 0. The predicted octanol–water partition coefficient (Wildman–Crippen LogP) is 2.31. The van der Waals surface area contributed by atoms with Crippen LogP contribution in [0, 0.1) is 13.8 Å². The van der Waals surface area contributed by atoms with Gasteiger partial charge in [0.2, 0.25) is 0 Å². The van der Waals surface area contributed by atoms with Crippen molar-refractivity contribution < 1.29 is 4.79 Å². The van der Waals surface area contributed by atoms with Gasteiger partial charge in [-0.25, -0.2) is 0 Å². The number of carbonyl (C=O) groups excluding carboxylic acids is 1. The molecule has 0 fully saturated rings. The average Bonchev–Trinajstić information content (AvgIpc) is 2.12. The molecule has 0 amide bonds. The molecular formula is C10H12ClNO. The Kier molecular flexibility index (Phi) is 2.94. The largest absolute Gasteiger partial charge is 0.398 e. The van der Waals surface area contributed by atoms with Crippen molar-refractivity contribution in [2.45, 2.75) is 13.8 Å². The number of alkyl halides is 1. The molecule has 1 aromatic rings. The molecule has 2 N–H and O–H groups in total. The van der Waals surface area contributed by atoms with E-state index in [0.29, 0.717) is 11.3 Å². The van der Waals surface area contributed by atoms with Crippen molar-refractivity contribution in [1.29, 1.82) is 0 Å². The van der Waals surface area contributed by atoms with Crippen LogP contribution in [0.5, 0.6) is 0 Å². The molecule has 0 heterocycles. The summed E-state index contributed by atoms with van der Waals surface area (Å²) in [6.45, 7) is 3.86. The second-order valence-corrected chi connectivity index (χ2v) is 3.33. The summed E-state index contributed by atoms with van der Waals surface area (Å²) >= 11 is 5.44. The minimum Gasteiger partial charge on any atom is -0.398 e. The van der Waals surface area contributed by atoms with Crippen LogP contribution in [0.2, 0.25) is 0 Å². The minimum absolute atomic E-state index is 0.00193. The van der Waals surface area contributed by atoms with E-state index in [9.17, 15) is 4.79 Å². The molecule has 0 aromatic heterocycles. The molecule has 1 rings (SSSR count). The lowest BCUT2D eigenvalue weighted by atomic mass is 10.0. The number of rotatable bonds is 2. The molecule has 0 aliphatic heterocycles. The fraction of sp³-hybridized carbons (Fsp3) is 0.300. The van der Waals surface area contributed by atoms with Crippen LogP contribution in [0.3, 0.4) is 0 Å². The summed E-state index contributed by atoms with van der Waals surface area (Å²) in [7, 11) is 0. The standard InChI is InChI=1S/C10H12ClNO/c1-6-3-8(10(13)5-11)4-9(12)7(6)2/h3-4H,5,12H2,1-2H3. The topological polar surface area (TPSA) is 43.1 Å². The van der Waals surface area contributed by atoms with E-state index in [1.54, 1.807) is 6.07 Å². The molecule has 0 radical (unpaired) electrons. The number of nitrogen functional groups attached to an aromatic ring is 1. The molecule has 0 aliphatic carbocycles. The molecule has 0 saturated carbocycles. The monoisotopic (exact) mass is 197 g/mol. The molecule has 0 atom stereocenters. The van der Waals surface area contributed by atoms with Crippen LogP contribution in [0.15, 0.2) is 12.1 Å². The van der Waals surface area contributed by atoms with Gasteiger partial charge in [0.25, 0.3) is 0 Å². The van der Waals surface area contributed by atoms with Gasteiger partial charge in [-0.2, -0.15) is 0 Å². The number of carbonyl (C=O) groups is 1. The number of Topliss-reactive ketones (excluding diaryl/α,β-unsaturated/α-hetero) is 1. The number of halogens is 1. The Morgan fingerprint density at radius 3 is 2.54 bits per heavy atom. The van der Waals surface area contributed by atoms with Crippen molar-refractivity contribution in [2.24, 2.45) is 0 Å². The van der Waals surface area contributed by atoms with Gasteiger partial charge in [-0.15, -0.1) is 11.6 Å². The van der Waals surface area contributed by atoms with E-state index in [4.69, 9.17) is 17.3 Å². The van der Waals surface area contributed by atoms with E-state index in [0.717, 1.165) is 11.1 Å². The summed E-state index contributed by atoms with van der Waals surface area (Å²) in [5, 5.41) is 0. The molecule has 0 unspecified atom stereocenters. The Morgan fingerprint density at radius 2 is 2.08 bits per heavy atom. The number of ketones is 1. The molecule has 0 aliphatic rings. The Hall–Kier alpha value is -1.02. The molecule has 70 valence electrons. The fourth-order valence-electron chi connectivity index (χ4n) is 1.12. The van der Waals surface area contributed by atoms with Crippen LogP contribution >= 0.6 is 11.6 Å². The zero-order valence-electron chi connectivity index (χ0n) is 7.73. The Labute approximate surface area is 82.7 Å². The predicted molar refractivity (Wildman–Crippen MR) is 55.4 cm³/mol. The maximum Gasteiger partial charge on any atom is 0.177 e. The van der Waals surface area contributed by atoms with E-state index in [2.05, 4.69) is 0 Å². The summed E-state index contributed by atoms with van der Waals surface area (Å²) in [6, 6.07) is 3.49. The first kappa shape index (κ1) is 10.1. The highest BCUT2D eigenvalue weighted by atomic mass is 35.5. The van der Waals surface area contributed by atoms with Gasteiger partial charge in [-0.3, -0.25) is 4.79 Å². The van der Waals surface area contributed by atoms with Gasteiger partial charge in [-0.1, -0.05) is 0 Å². The van der Waals surface area contributed by atoms with Gasteiger partial charge >= 0.3 is 0 Å². The smallest absolute Gasteiger partial charge is 0.177 e. The lowest BCUT2D eigenvalue weighted by molar-refractivity contribution is 0.102. The van der Waals surface area contributed by atoms with Crippen LogP contribution in [0.1, 0.15) is 21.5 Å². The minimum atomic E-state index is -0.0866. The summed E-state index contributed by atoms with van der Waals surface area (Å²) in [6.07, 6.45) is 0. The van der Waals surface area contributed by atoms with E-state index >= 15 is 0 Å². The highest BCUT2D eigenvalue weighted by molar-refractivity contribution is 6.30. The molecule has 0 bridgehead atoms.